The number of hydrogen-bond donors (Lipinski definition) is 0. The summed E-state index contributed by atoms with van der Waals surface area (Å²) in [7, 11) is 0. The van der Waals surface area contributed by atoms with E-state index >= 15 is 52.7 Å². The number of anilines is 2. The molecule has 8 bridgehead atoms. The van der Waals surface area contributed by atoms with Gasteiger partial charge in [0.2, 0.25) is 23.5 Å². The second-order valence-electron chi connectivity index (χ2n) is 23.4. The second kappa shape index (κ2) is 21.3. The van der Waals surface area contributed by atoms with Crippen LogP contribution in [0.3, 0.4) is 0 Å². The van der Waals surface area contributed by atoms with Gasteiger partial charge in [0, 0.05) is 37.0 Å². The fraction of sp³-hybridized carbons (Fsp3) is 0.870. The van der Waals surface area contributed by atoms with E-state index in [2.05, 4.69) is 39.4 Å². The highest BCUT2D eigenvalue weighted by atomic mass is 19.4. The second-order valence-corrected chi connectivity index (χ2v) is 23.4. The minimum absolute atomic E-state index is 0.0248. The maximum absolute atomic E-state index is 16.6. The first-order chi connectivity index (χ1) is 39.5. The van der Waals surface area contributed by atoms with Crippen LogP contribution in [0.2, 0.25) is 0 Å². The minimum atomic E-state index is -8.05. The first-order valence-electron chi connectivity index (χ1n) is 25.9. The predicted molar refractivity (Wildman–Crippen MR) is 228 cm³/mol. The molecule has 10 rings (SSSR count). The third kappa shape index (κ3) is 11.7. The summed E-state index contributed by atoms with van der Waals surface area (Å²) in [5, 5.41) is 0. The van der Waals surface area contributed by atoms with Crippen LogP contribution < -0.4 is 19.3 Å². The summed E-state index contributed by atoms with van der Waals surface area (Å²) in [4.78, 5) is 16.4. The molecule has 0 radical (unpaired) electrons. The van der Waals surface area contributed by atoms with Gasteiger partial charge < -0.3 is 19.3 Å². The Bertz CT molecular complexity index is 2610. The monoisotopic (exact) mass is 1350 g/mol. The topological polar surface area (TPSA) is 102 Å². The lowest BCUT2D eigenvalue weighted by Crippen LogP contribution is -2.64. The zero-order valence-corrected chi connectivity index (χ0v) is 43.7. The van der Waals surface area contributed by atoms with Crippen LogP contribution >= 0.6 is 0 Å². The van der Waals surface area contributed by atoms with Gasteiger partial charge in [-0.2, -0.15) is 170 Å². The Balaban J connectivity index is 1.25. The van der Waals surface area contributed by atoms with E-state index in [1.807, 2.05) is 0 Å². The molecule has 2 aromatic heterocycles. The van der Waals surface area contributed by atoms with E-state index in [0.29, 0.717) is 0 Å². The molecule has 8 saturated carbocycles. The first-order valence-corrected chi connectivity index (χ1v) is 25.9. The lowest BCUT2D eigenvalue weighted by atomic mass is 9.52. The average molecular weight is 1350 g/mol. The molecule has 502 valence electrons. The number of halogens is 32. The molecule has 0 saturated heterocycles. The summed E-state index contributed by atoms with van der Waals surface area (Å²) in [6.45, 7) is -10.0. The highest BCUT2D eigenvalue weighted by Crippen LogP contribution is 2.64. The van der Waals surface area contributed by atoms with Gasteiger partial charge in [0.25, 0.3) is 0 Å². The van der Waals surface area contributed by atoms with E-state index in [0.717, 1.165) is 0 Å². The van der Waals surface area contributed by atoms with E-state index in [1.54, 1.807) is 0 Å². The van der Waals surface area contributed by atoms with Crippen molar-refractivity contribution in [3.05, 3.63) is 11.6 Å². The molecule has 10 nitrogen and oxygen atoms in total. The molecular weight excluding hydrogens is 1300 g/mol. The van der Waals surface area contributed by atoms with Gasteiger partial charge in [0.05, 0.1) is 0 Å². The molecule has 8 fully saturated rings. The van der Waals surface area contributed by atoms with Crippen LogP contribution in [-0.2, 0) is 11.8 Å². The summed E-state index contributed by atoms with van der Waals surface area (Å²) < 4.78 is 476. The smallest absolute Gasteiger partial charge is 0.454 e. The minimum Gasteiger partial charge on any atom is -0.454 e. The van der Waals surface area contributed by atoms with Gasteiger partial charge in [-0.05, 0) is 113 Å². The quantitative estimate of drug-likeness (QED) is 0.1000. The van der Waals surface area contributed by atoms with Crippen molar-refractivity contribution < 1.29 is 150 Å². The van der Waals surface area contributed by atoms with E-state index in [-0.39, 0.29) is 48.3 Å². The Hall–Kier alpha value is -5.02. The fourth-order valence-corrected chi connectivity index (χ4v) is 13.8. The predicted octanol–water partition coefficient (Wildman–Crippen LogP) is 15.4. The number of ether oxygens (including phenoxy) is 2. The van der Waals surface area contributed by atoms with Crippen LogP contribution in [0.5, 0.6) is 12.0 Å². The molecule has 0 amide bonds. The van der Waals surface area contributed by atoms with E-state index in [4.69, 9.17) is 0 Å². The van der Waals surface area contributed by atoms with Crippen LogP contribution in [0.4, 0.5) is 152 Å². The van der Waals surface area contributed by atoms with Crippen molar-refractivity contribution in [3.63, 3.8) is 0 Å². The number of hydrogen-bond acceptors (Lipinski definition) is 10. The van der Waals surface area contributed by atoms with Crippen LogP contribution in [0.1, 0.15) is 102 Å². The number of nitrogens with zero attached hydrogens (tertiary/aromatic N) is 8. The zero-order valence-electron chi connectivity index (χ0n) is 43.7. The molecule has 88 heavy (non-hydrogen) atoms. The average Bonchev–Trinajstić information content (AvgIpc) is 1.19. The van der Waals surface area contributed by atoms with Crippen LogP contribution in [0.15, 0.2) is 0 Å². The molecule has 0 aromatic carbocycles. The van der Waals surface area contributed by atoms with E-state index < -0.39 is 244 Å². The van der Waals surface area contributed by atoms with Crippen molar-refractivity contribution in [2.75, 3.05) is 36.1 Å². The maximum atomic E-state index is 16.6. The normalized spacial score (nSPS) is 26.9. The summed E-state index contributed by atoms with van der Waals surface area (Å²) in [6.07, 6.45) is -33.8. The molecule has 2 heterocycles. The molecule has 8 aliphatic rings. The fourth-order valence-electron chi connectivity index (χ4n) is 13.8. The Labute approximate surface area is 471 Å². The van der Waals surface area contributed by atoms with Crippen LogP contribution in [0, 0.1) is 35.5 Å². The van der Waals surface area contributed by atoms with E-state index in [9.17, 15) is 87.8 Å². The highest BCUT2D eigenvalue weighted by Gasteiger charge is 2.85. The largest absolute Gasteiger partial charge is 0.460 e. The Morgan fingerprint density at radius 3 is 0.807 bits per heavy atom. The lowest BCUT2D eigenvalue weighted by molar-refractivity contribution is -0.396. The summed E-state index contributed by atoms with van der Waals surface area (Å²) in [5.74, 6) is -89.0. The van der Waals surface area contributed by atoms with Crippen molar-refractivity contribution in [2.24, 2.45) is 35.5 Å². The third-order valence-corrected chi connectivity index (χ3v) is 17.0. The summed E-state index contributed by atoms with van der Waals surface area (Å²) in [6, 6.07) is -4.83. The number of alkyl halides is 32. The molecule has 8 aliphatic carbocycles. The molecular formula is C46H42F32N8O2. The van der Waals surface area contributed by atoms with Gasteiger partial charge >= 0.3 is 96.0 Å². The van der Waals surface area contributed by atoms with Gasteiger partial charge in [-0.3, -0.25) is 0 Å². The Kier molecular flexibility index (Phi) is 16.6. The maximum Gasteiger partial charge on any atom is 0.460 e. The van der Waals surface area contributed by atoms with Gasteiger partial charge in [-0.15, -0.1) is 0 Å². The van der Waals surface area contributed by atoms with Crippen molar-refractivity contribution in [1.82, 2.24) is 29.9 Å². The zero-order chi connectivity index (χ0) is 66.5. The Morgan fingerprint density at radius 1 is 0.330 bits per heavy atom. The lowest BCUT2D eigenvalue weighted by Gasteiger charge is -2.60. The van der Waals surface area contributed by atoms with E-state index in [1.165, 1.54) is 0 Å². The van der Waals surface area contributed by atoms with Crippen LogP contribution in [0.25, 0.3) is 0 Å². The number of aromatic nitrogens is 6. The standard InChI is InChI=1S/C46H42F32N8O2/c47-33(48,39(61,62)43(69,70)45(73,74)75)1-3-85(31-11-19-5-20(12-31)7-21(6-19)13-31)27-79-25(81-29(83-27)87-17-35(51,52)53)37(57,58)41(65,66)42(67,68)38(59,60)26-80-28(84-30(82-26)88-18-36(54,55)56)86(32-14-22-8-23(15-32)10-24(9-22)16-32)4-2-34(49,50)40(63,64)44(71,72)46(76,77)78/h19-24H,1-18H2. The molecule has 0 N–H and O–H groups in total. The Morgan fingerprint density at radius 2 is 0.580 bits per heavy atom. The van der Waals surface area contributed by atoms with Gasteiger partial charge in [-0.25, -0.2) is 0 Å². The SMILES string of the molecule is FC(F)(F)COc1nc(N(CCC(F)(F)C(F)(F)C(F)(F)C(F)(F)F)C23CC4CC(CC(C4)C2)C3)nc(C(F)(F)C(F)(F)C(F)(F)C(F)(F)c2nc(OCC(F)(F)F)nc(N(CCC(F)(F)C(F)(F)C(F)(F)C(F)(F)F)C34CC5CC(CC(C5)C3)C4)n2)n1. The molecule has 0 spiro atoms. The molecule has 0 atom stereocenters. The van der Waals surface area contributed by atoms with Crippen LogP contribution in [-0.4, -0.2) is 139 Å². The number of rotatable bonds is 23. The van der Waals surface area contributed by atoms with Crippen molar-refractivity contribution in [1.29, 1.82) is 0 Å². The van der Waals surface area contributed by atoms with Crippen molar-refractivity contribution >= 4 is 11.9 Å². The molecule has 42 heteroatoms. The molecule has 0 aliphatic heterocycles. The summed E-state index contributed by atoms with van der Waals surface area (Å²) in [5.41, 5.74) is -4.28. The molecule has 2 aromatic rings. The van der Waals surface area contributed by atoms with Gasteiger partial charge in [0.15, 0.2) is 13.2 Å². The third-order valence-electron chi connectivity index (χ3n) is 17.0. The summed E-state index contributed by atoms with van der Waals surface area (Å²) >= 11 is 0. The van der Waals surface area contributed by atoms with Gasteiger partial charge in [-0.1, -0.05) is 0 Å². The van der Waals surface area contributed by atoms with Crippen molar-refractivity contribution in [2.45, 2.75) is 185 Å². The first kappa shape index (κ1) is 68.9. The van der Waals surface area contributed by atoms with Gasteiger partial charge in [0.1, 0.15) is 0 Å². The molecule has 0 unspecified atom stereocenters. The highest BCUT2D eigenvalue weighted by molar-refractivity contribution is 5.41. The van der Waals surface area contributed by atoms with Crippen molar-refractivity contribution in [3.8, 4) is 12.0 Å².